The van der Waals surface area contributed by atoms with Crippen molar-refractivity contribution in [2.45, 2.75) is 6.18 Å². The first-order chi connectivity index (χ1) is 19.7. The van der Waals surface area contributed by atoms with Gasteiger partial charge in [-0.1, -0.05) is 41.1 Å². The summed E-state index contributed by atoms with van der Waals surface area (Å²) in [5.41, 5.74) is 0.427. The molecule has 0 aliphatic carbocycles. The predicted octanol–water partition coefficient (Wildman–Crippen LogP) is 7.67. The lowest BCUT2D eigenvalue weighted by Gasteiger charge is -2.13. The number of anilines is 1. The third-order valence-corrected chi connectivity index (χ3v) is 7.33. The molecule has 7 nitrogen and oxygen atoms in total. The first kappa shape index (κ1) is 26.5. The van der Waals surface area contributed by atoms with E-state index in [-0.39, 0.29) is 16.9 Å². The maximum atomic E-state index is 15.5. The summed E-state index contributed by atoms with van der Waals surface area (Å²) < 4.78 is 58.8. The summed E-state index contributed by atoms with van der Waals surface area (Å²) in [4.78, 5) is 21.6. The maximum Gasteiger partial charge on any atom is 0.435 e. The van der Waals surface area contributed by atoms with Gasteiger partial charge in [0.05, 0.1) is 21.6 Å². The van der Waals surface area contributed by atoms with Crippen LogP contribution in [0, 0.1) is 5.82 Å². The summed E-state index contributed by atoms with van der Waals surface area (Å²) >= 11 is 7.29. The van der Waals surface area contributed by atoms with Crippen LogP contribution in [-0.4, -0.2) is 30.9 Å². The van der Waals surface area contributed by atoms with Gasteiger partial charge >= 0.3 is 6.18 Å². The first-order valence-corrected chi connectivity index (χ1v) is 13.1. The Bertz CT molecular complexity index is 1920. The number of nitrogens with zero attached hydrogens (tertiary/aromatic N) is 5. The summed E-state index contributed by atoms with van der Waals surface area (Å²) in [6, 6.07) is 18.2. The Morgan fingerprint density at radius 3 is 2.41 bits per heavy atom. The summed E-state index contributed by atoms with van der Waals surface area (Å²) in [7, 11) is 0. The zero-order valence-electron chi connectivity index (χ0n) is 20.5. The van der Waals surface area contributed by atoms with Crippen molar-refractivity contribution in [1.82, 2.24) is 25.0 Å². The maximum absolute atomic E-state index is 15.5. The fourth-order valence-electron chi connectivity index (χ4n) is 4.36. The van der Waals surface area contributed by atoms with Gasteiger partial charge in [0.15, 0.2) is 11.4 Å². The number of amides is 1. The van der Waals surface area contributed by atoms with E-state index in [1.54, 1.807) is 12.1 Å². The fourth-order valence-corrected chi connectivity index (χ4v) is 5.33. The monoisotopic (exact) mass is 594 g/mol. The van der Waals surface area contributed by atoms with Gasteiger partial charge in [-0.3, -0.25) is 4.79 Å². The topological polar surface area (TPSA) is 85.6 Å². The molecule has 3 aromatic heterocycles. The molecule has 0 aliphatic rings. The van der Waals surface area contributed by atoms with Gasteiger partial charge in [0, 0.05) is 21.8 Å². The second kappa shape index (κ2) is 10.4. The minimum absolute atomic E-state index is 0.00542. The van der Waals surface area contributed by atoms with Crippen LogP contribution in [0.15, 0.2) is 84.5 Å². The van der Waals surface area contributed by atoms with Crippen molar-refractivity contribution < 1.29 is 22.4 Å². The number of carbonyl (C=O) groups is 1. The minimum Gasteiger partial charge on any atom is -0.320 e. The molecule has 0 unspecified atom stereocenters. The highest BCUT2D eigenvalue weighted by Gasteiger charge is 2.42. The van der Waals surface area contributed by atoms with Crippen molar-refractivity contribution in [2.75, 3.05) is 5.32 Å². The van der Waals surface area contributed by atoms with Crippen molar-refractivity contribution in [3.05, 3.63) is 107 Å². The lowest BCUT2D eigenvalue weighted by atomic mass is 9.96. The molecule has 6 rings (SSSR count). The molecule has 204 valence electrons. The largest absolute Gasteiger partial charge is 0.435 e. The van der Waals surface area contributed by atoms with E-state index < -0.39 is 29.3 Å². The van der Waals surface area contributed by atoms with E-state index in [1.807, 2.05) is 23.6 Å². The van der Waals surface area contributed by atoms with E-state index in [4.69, 9.17) is 11.6 Å². The van der Waals surface area contributed by atoms with E-state index in [0.717, 1.165) is 16.3 Å². The third-order valence-electron chi connectivity index (χ3n) is 6.17. The SMILES string of the molecule is O=C(Nc1ccc(-c2ccccc2-c2ncnc3ccsc23)c(F)c1)c1nnn(-c2ccc(Cl)cc2)c1C(F)(F)F. The van der Waals surface area contributed by atoms with Crippen molar-refractivity contribution in [3.8, 4) is 28.1 Å². The Kier molecular flexibility index (Phi) is 6.72. The molecule has 3 aromatic carbocycles. The molecule has 0 spiro atoms. The molecule has 1 amide bonds. The molecule has 6 aromatic rings. The van der Waals surface area contributed by atoms with E-state index in [1.165, 1.54) is 54.1 Å². The van der Waals surface area contributed by atoms with Crippen LogP contribution in [0.25, 0.3) is 38.3 Å². The minimum atomic E-state index is -4.97. The van der Waals surface area contributed by atoms with Gasteiger partial charge in [0.2, 0.25) is 0 Å². The van der Waals surface area contributed by atoms with Crippen molar-refractivity contribution in [3.63, 3.8) is 0 Å². The van der Waals surface area contributed by atoms with Gasteiger partial charge in [-0.15, -0.1) is 16.4 Å². The molecule has 3 heterocycles. The smallest absolute Gasteiger partial charge is 0.320 e. The van der Waals surface area contributed by atoms with E-state index in [0.29, 0.717) is 26.5 Å². The van der Waals surface area contributed by atoms with Gasteiger partial charge in [-0.05, 0) is 59.5 Å². The van der Waals surface area contributed by atoms with Crippen molar-refractivity contribution in [2.24, 2.45) is 0 Å². The average molecular weight is 595 g/mol. The predicted molar refractivity (Wildman–Crippen MR) is 148 cm³/mol. The number of hydrogen-bond donors (Lipinski definition) is 1. The van der Waals surface area contributed by atoms with Crippen molar-refractivity contribution >= 4 is 44.7 Å². The molecule has 13 heteroatoms. The molecule has 0 saturated heterocycles. The lowest BCUT2D eigenvalue weighted by Crippen LogP contribution is -2.21. The van der Waals surface area contributed by atoms with Gasteiger partial charge in [-0.2, -0.15) is 13.2 Å². The van der Waals surface area contributed by atoms with Crippen LogP contribution in [0.2, 0.25) is 5.02 Å². The fraction of sp³-hybridized carbons (Fsp3) is 0.0357. The van der Waals surface area contributed by atoms with Crippen molar-refractivity contribution in [1.29, 1.82) is 0 Å². The zero-order valence-corrected chi connectivity index (χ0v) is 22.1. The number of fused-ring (bicyclic) bond motifs is 1. The van der Waals surface area contributed by atoms with Crippen LogP contribution in [0.3, 0.4) is 0 Å². The number of benzene rings is 3. The molecule has 0 radical (unpaired) electrons. The Hall–Kier alpha value is -4.68. The van der Waals surface area contributed by atoms with Gasteiger partial charge in [0.25, 0.3) is 5.91 Å². The molecule has 41 heavy (non-hydrogen) atoms. The zero-order chi connectivity index (χ0) is 28.7. The van der Waals surface area contributed by atoms with E-state index >= 15 is 4.39 Å². The highest BCUT2D eigenvalue weighted by atomic mass is 35.5. The molecule has 1 N–H and O–H groups in total. The standard InChI is InChI=1S/C28H15ClF4N6OS/c29-15-5-8-17(9-6-15)39-26(28(31,32)33)24(37-38-39)27(40)36-16-7-10-19(21(30)13-16)18-3-1-2-4-20(18)23-25-22(11-12-41-25)34-14-35-23/h1-14H,(H,36,40). The second-order valence-corrected chi connectivity index (χ2v) is 10.1. The van der Waals surface area contributed by atoms with Crippen LogP contribution < -0.4 is 5.32 Å². The first-order valence-electron chi connectivity index (χ1n) is 11.9. The normalized spacial score (nSPS) is 11.6. The van der Waals surface area contributed by atoms with Crippen LogP contribution in [0.4, 0.5) is 23.2 Å². The highest BCUT2D eigenvalue weighted by molar-refractivity contribution is 7.17. The van der Waals surface area contributed by atoms with Gasteiger partial charge < -0.3 is 5.32 Å². The summed E-state index contributed by atoms with van der Waals surface area (Å²) in [5.74, 6) is -1.90. The number of halogens is 5. The highest BCUT2D eigenvalue weighted by Crippen LogP contribution is 2.38. The Labute approximate surface area is 238 Å². The Balaban J connectivity index is 1.33. The molecular formula is C28H15ClF4N6OS. The molecule has 0 fully saturated rings. The second-order valence-electron chi connectivity index (χ2n) is 8.72. The number of hydrogen-bond acceptors (Lipinski definition) is 6. The van der Waals surface area contributed by atoms with Crippen LogP contribution in [0.1, 0.15) is 16.2 Å². The average Bonchev–Trinajstić information content (AvgIpc) is 3.62. The lowest BCUT2D eigenvalue weighted by molar-refractivity contribution is -0.143. The Morgan fingerprint density at radius 2 is 1.68 bits per heavy atom. The summed E-state index contributed by atoms with van der Waals surface area (Å²) in [5, 5.41) is 11.5. The quantitative estimate of drug-likeness (QED) is 0.207. The van der Waals surface area contributed by atoms with Crippen LogP contribution in [-0.2, 0) is 6.18 Å². The number of thiophene rings is 1. The summed E-state index contributed by atoms with van der Waals surface area (Å²) in [6.45, 7) is 0. The third kappa shape index (κ3) is 5.03. The van der Waals surface area contributed by atoms with Gasteiger partial charge in [0.1, 0.15) is 12.1 Å². The van der Waals surface area contributed by atoms with Crippen LogP contribution >= 0.6 is 22.9 Å². The number of nitrogens with one attached hydrogen (secondary N) is 1. The summed E-state index contributed by atoms with van der Waals surface area (Å²) in [6.07, 6.45) is -3.53. The number of rotatable bonds is 5. The van der Waals surface area contributed by atoms with E-state index in [2.05, 4.69) is 25.6 Å². The number of carbonyl (C=O) groups excluding carboxylic acids is 1. The molecule has 0 aliphatic heterocycles. The van der Waals surface area contributed by atoms with E-state index in [9.17, 15) is 18.0 Å². The Morgan fingerprint density at radius 1 is 0.927 bits per heavy atom. The number of alkyl halides is 3. The number of aromatic nitrogens is 5. The molecule has 0 saturated carbocycles. The molecular weight excluding hydrogens is 580 g/mol. The van der Waals surface area contributed by atoms with Crippen LogP contribution in [0.5, 0.6) is 0 Å². The molecule has 0 bridgehead atoms. The van der Waals surface area contributed by atoms with Gasteiger partial charge in [-0.25, -0.2) is 19.0 Å². The molecule has 0 atom stereocenters.